The lowest BCUT2D eigenvalue weighted by atomic mass is 10.1. The third kappa shape index (κ3) is 6.00. The van der Waals surface area contributed by atoms with Crippen molar-refractivity contribution in [3.8, 4) is 0 Å². The van der Waals surface area contributed by atoms with Gasteiger partial charge in [0.1, 0.15) is 11.0 Å². The van der Waals surface area contributed by atoms with E-state index in [1.165, 1.54) is 0 Å². The molecule has 0 N–H and O–H groups in total. The zero-order valence-electron chi connectivity index (χ0n) is 13.2. The first-order valence-electron chi connectivity index (χ1n) is 7.41. The Morgan fingerprint density at radius 2 is 1.76 bits per heavy atom. The Morgan fingerprint density at radius 3 is 2.24 bits per heavy atom. The Kier molecular flexibility index (Phi) is 7.09. The summed E-state index contributed by atoms with van der Waals surface area (Å²) >= 11 is 5.94. The van der Waals surface area contributed by atoms with E-state index < -0.39 is 5.82 Å². The number of hydrogen-bond donors (Lipinski definition) is 0. The molecule has 0 bridgehead atoms. The van der Waals surface area contributed by atoms with E-state index >= 15 is 0 Å². The van der Waals surface area contributed by atoms with Crippen molar-refractivity contribution < 1.29 is 9.18 Å². The molecule has 0 atom stereocenters. The van der Waals surface area contributed by atoms with Gasteiger partial charge in [-0.25, -0.2) is 9.37 Å². The second-order valence-corrected chi connectivity index (χ2v) is 6.51. The third-order valence-electron chi connectivity index (χ3n) is 3.28. The van der Waals surface area contributed by atoms with E-state index in [0.29, 0.717) is 24.9 Å². The maximum Gasteiger partial charge on any atom is 0.257 e. The average molecular weight is 315 g/mol. The highest BCUT2D eigenvalue weighted by Gasteiger charge is 2.20. The number of hydrogen-bond acceptors (Lipinski definition) is 2. The van der Waals surface area contributed by atoms with Crippen LogP contribution in [0.1, 0.15) is 50.9 Å². The summed E-state index contributed by atoms with van der Waals surface area (Å²) < 4.78 is 13.3. The molecule has 3 nitrogen and oxygen atoms in total. The number of amides is 1. The number of halogens is 2. The second-order valence-electron chi connectivity index (χ2n) is 6.15. The van der Waals surface area contributed by atoms with Crippen molar-refractivity contribution in [3.63, 3.8) is 0 Å². The summed E-state index contributed by atoms with van der Waals surface area (Å²) in [7, 11) is 0. The highest BCUT2D eigenvalue weighted by molar-refractivity contribution is 6.32. The van der Waals surface area contributed by atoms with Crippen LogP contribution in [-0.4, -0.2) is 28.9 Å². The molecule has 0 spiro atoms. The normalized spacial score (nSPS) is 11.2. The van der Waals surface area contributed by atoms with Crippen molar-refractivity contribution in [2.24, 2.45) is 11.8 Å². The van der Waals surface area contributed by atoms with Crippen LogP contribution in [0.5, 0.6) is 0 Å². The molecule has 0 radical (unpaired) electrons. The lowest BCUT2D eigenvalue weighted by molar-refractivity contribution is 0.0740. The molecule has 1 aromatic rings. The topological polar surface area (TPSA) is 33.2 Å². The molecule has 1 rings (SSSR count). The largest absolute Gasteiger partial charge is 0.339 e. The van der Waals surface area contributed by atoms with Crippen LogP contribution in [-0.2, 0) is 0 Å². The quantitative estimate of drug-likeness (QED) is 0.698. The van der Waals surface area contributed by atoms with E-state index in [-0.39, 0.29) is 16.6 Å². The minimum Gasteiger partial charge on any atom is -0.339 e. The molecular weight excluding hydrogens is 291 g/mol. The molecule has 0 unspecified atom stereocenters. The van der Waals surface area contributed by atoms with Crippen LogP contribution in [0.2, 0.25) is 5.15 Å². The van der Waals surface area contributed by atoms with E-state index in [4.69, 9.17) is 11.6 Å². The lowest BCUT2D eigenvalue weighted by Crippen LogP contribution is -2.34. The van der Waals surface area contributed by atoms with Gasteiger partial charge in [0.05, 0.1) is 11.8 Å². The summed E-state index contributed by atoms with van der Waals surface area (Å²) in [6.07, 6.45) is 2.83. The summed E-state index contributed by atoms with van der Waals surface area (Å²) in [4.78, 5) is 18.0. The molecule has 5 heteroatoms. The van der Waals surface area contributed by atoms with E-state index in [1.807, 2.05) is 0 Å². The van der Waals surface area contributed by atoms with Crippen molar-refractivity contribution in [1.29, 1.82) is 0 Å². The molecule has 0 aromatic carbocycles. The number of pyridine rings is 1. The van der Waals surface area contributed by atoms with E-state index in [2.05, 4.69) is 32.7 Å². The Labute approximate surface area is 131 Å². The van der Waals surface area contributed by atoms with E-state index in [1.54, 1.807) is 4.90 Å². The Balaban J connectivity index is 2.89. The van der Waals surface area contributed by atoms with Crippen LogP contribution >= 0.6 is 11.6 Å². The number of rotatable bonds is 7. The summed E-state index contributed by atoms with van der Waals surface area (Å²) in [6.45, 7) is 9.75. The first-order valence-corrected chi connectivity index (χ1v) is 7.79. The zero-order chi connectivity index (χ0) is 16.0. The summed E-state index contributed by atoms with van der Waals surface area (Å²) in [5, 5.41) is 0.0560. The predicted octanol–water partition coefficient (Wildman–Crippen LogP) is 4.41. The molecule has 0 fully saturated rings. The maximum absolute atomic E-state index is 13.3. The van der Waals surface area contributed by atoms with Gasteiger partial charge >= 0.3 is 0 Å². The highest BCUT2D eigenvalue weighted by Crippen LogP contribution is 2.18. The number of carbonyl (C=O) groups excluding carboxylic acids is 1. The summed E-state index contributed by atoms with van der Waals surface area (Å²) in [5.74, 6) is 0.213. The van der Waals surface area contributed by atoms with Gasteiger partial charge in [-0.05, 0) is 30.7 Å². The fourth-order valence-electron chi connectivity index (χ4n) is 1.89. The summed E-state index contributed by atoms with van der Waals surface area (Å²) in [6, 6.07) is 1.16. The molecule has 0 aliphatic rings. The van der Waals surface area contributed by atoms with Crippen LogP contribution in [0.4, 0.5) is 4.39 Å². The van der Waals surface area contributed by atoms with Crippen molar-refractivity contribution in [1.82, 2.24) is 9.88 Å². The van der Waals surface area contributed by atoms with Crippen LogP contribution in [0.3, 0.4) is 0 Å². The van der Waals surface area contributed by atoms with Gasteiger partial charge in [0.2, 0.25) is 0 Å². The first kappa shape index (κ1) is 17.9. The van der Waals surface area contributed by atoms with Crippen LogP contribution in [0.25, 0.3) is 0 Å². The van der Waals surface area contributed by atoms with E-state index in [9.17, 15) is 9.18 Å². The molecule has 1 aromatic heterocycles. The Bertz CT molecular complexity index is 465. The number of carbonyl (C=O) groups is 1. The lowest BCUT2D eigenvalue weighted by Gasteiger charge is -2.24. The number of nitrogens with zero attached hydrogens (tertiary/aromatic N) is 2. The zero-order valence-corrected chi connectivity index (χ0v) is 14.0. The number of aromatic nitrogens is 1. The van der Waals surface area contributed by atoms with Gasteiger partial charge in [0.25, 0.3) is 5.91 Å². The van der Waals surface area contributed by atoms with Gasteiger partial charge in [-0.15, -0.1) is 0 Å². The third-order valence-corrected chi connectivity index (χ3v) is 3.58. The van der Waals surface area contributed by atoms with Crippen LogP contribution < -0.4 is 0 Å². The molecule has 1 amide bonds. The molecular formula is C16H24ClFN2O. The SMILES string of the molecule is CC(C)CCN(CCC(C)C)C(=O)c1cc(F)cnc1Cl. The van der Waals surface area contributed by atoms with Crippen molar-refractivity contribution in [2.75, 3.05) is 13.1 Å². The van der Waals surface area contributed by atoms with Gasteiger partial charge < -0.3 is 4.90 Å². The average Bonchev–Trinajstić information content (AvgIpc) is 2.40. The molecule has 118 valence electrons. The van der Waals surface area contributed by atoms with Gasteiger partial charge in [-0.2, -0.15) is 0 Å². The molecule has 0 saturated carbocycles. The van der Waals surface area contributed by atoms with Crippen LogP contribution in [0.15, 0.2) is 12.3 Å². The fourth-order valence-corrected chi connectivity index (χ4v) is 2.07. The Morgan fingerprint density at radius 1 is 1.24 bits per heavy atom. The summed E-state index contributed by atoms with van der Waals surface area (Å²) in [5.41, 5.74) is 0.143. The molecule has 0 aliphatic carbocycles. The van der Waals surface area contributed by atoms with Gasteiger partial charge in [0, 0.05) is 13.1 Å². The predicted molar refractivity (Wildman–Crippen MR) is 84.0 cm³/mol. The molecule has 1 heterocycles. The first-order chi connectivity index (χ1) is 9.81. The van der Waals surface area contributed by atoms with Gasteiger partial charge in [-0.3, -0.25) is 4.79 Å². The minimum absolute atomic E-state index is 0.0560. The van der Waals surface area contributed by atoms with Gasteiger partial charge in [-0.1, -0.05) is 39.3 Å². The Hall–Kier alpha value is -1.16. The second kappa shape index (κ2) is 8.32. The van der Waals surface area contributed by atoms with Crippen molar-refractivity contribution in [2.45, 2.75) is 40.5 Å². The van der Waals surface area contributed by atoms with Crippen LogP contribution in [0, 0.1) is 17.7 Å². The molecule has 0 aliphatic heterocycles. The van der Waals surface area contributed by atoms with Gasteiger partial charge in [0.15, 0.2) is 0 Å². The highest BCUT2D eigenvalue weighted by atomic mass is 35.5. The fraction of sp³-hybridized carbons (Fsp3) is 0.625. The van der Waals surface area contributed by atoms with Crippen molar-refractivity contribution in [3.05, 3.63) is 28.8 Å². The van der Waals surface area contributed by atoms with Crippen molar-refractivity contribution >= 4 is 17.5 Å². The van der Waals surface area contributed by atoms with E-state index in [0.717, 1.165) is 25.1 Å². The standard InChI is InChI=1S/C16H24ClFN2O/c1-11(2)5-7-20(8-6-12(3)4)16(21)14-9-13(18)10-19-15(14)17/h9-12H,5-8H2,1-4H3. The maximum atomic E-state index is 13.3. The smallest absolute Gasteiger partial charge is 0.257 e. The molecule has 21 heavy (non-hydrogen) atoms. The monoisotopic (exact) mass is 314 g/mol. The minimum atomic E-state index is -0.546. The molecule has 0 saturated heterocycles.